The molecule has 122 valence electrons. The molecule has 2 aromatic rings. The Morgan fingerprint density at radius 1 is 1.12 bits per heavy atom. The number of carbonyl (C=O) groups excluding carboxylic acids is 1. The molecule has 1 aromatic heterocycles. The van der Waals surface area contributed by atoms with E-state index in [1.165, 1.54) is 5.56 Å². The summed E-state index contributed by atoms with van der Waals surface area (Å²) in [5, 5.41) is 8.59. The van der Waals surface area contributed by atoms with Crippen LogP contribution in [0.2, 0.25) is 0 Å². The van der Waals surface area contributed by atoms with Gasteiger partial charge in [0.25, 0.3) is 0 Å². The van der Waals surface area contributed by atoms with Gasteiger partial charge in [-0.15, -0.1) is 0 Å². The van der Waals surface area contributed by atoms with Gasteiger partial charge in [0.05, 0.1) is 0 Å². The van der Waals surface area contributed by atoms with E-state index < -0.39 is 5.97 Å². The first kappa shape index (κ1) is 16.1. The Labute approximate surface area is 140 Å². The number of aliphatic carboxylic acids is 1. The third kappa shape index (κ3) is 3.94. The Hall–Kier alpha value is -2.79. The van der Waals surface area contributed by atoms with Gasteiger partial charge in [-0.3, -0.25) is 9.69 Å². The predicted molar refractivity (Wildman–Crippen MR) is 89.6 cm³/mol. The molecule has 0 radical (unpaired) electrons. The summed E-state index contributed by atoms with van der Waals surface area (Å²) in [6, 6.07) is 13.9. The van der Waals surface area contributed by atoms with Gasteiger partial charge in [0, 0.05) is 37.8 Å². The van der Waals surface area contributed by atoms with E-state index >= 15 is 0 Å². The zero-order chi connectivity index (χ0) is 16.9. The van der Waals surface area contributed by atoms with Gasteiger partial charge in [0.1, 0.15) is 5.69 Å². The number of allylic oxidation sites excluding steroid dienone is 1. The molecule has 1 aliphatic heterocycles. The summed E-state index contributed by atoms with van der Waals surface area (Å²) in [6.07, 6.45) is 2.67. The number of fused-ring (bicyclic) bond motifs is 1. The Balaban J connectivity index is 1.70. The van der Waals surface area contributed by atoms with Gasteiger partial charge >= 0.3 is 5.97 Å². The van der Waals surface area contributed by atoms with Gasteiger partial charge in [0.15, 0.2) is 0 Å². The van der Waals surface area contributed by atoms with Crippen molar-refractivity contribution >= 4 is 11.8 Å². The maximum absolute atomic E-state index is 11.9. The lowest BCUT2D eigenvalue weighted by Crippen LogP contribution is -2.31. The number of aromatic nitrogens is 1. The first-order valence-corrected chi connectivity index (χ1v) is 7.82. The SMILES string of the molecule is O=C(O)C=CC(=O)c1ccc2c(n1)CCN(Cc1ccccc1)C2. The lowest BCUT2D eigenvalue weighted by atomic mass is 10.0. The number of carbonyl (C=O) groups is 2. The standard InChI is InChI=1S/C19H18N2O3/c22-18(8-9-19(23)24)17-7-6-15-13-21(11-10-16(15)20-17)12-14-4-2-1-3-5-14/h1-9H,10-13H2,(H,23,24). The third-order valence-corrected chi connectivity index (χ3v) is 4.01. The average molecular weight is 322 g/mol. The van der Waals surface area contributed by atoms with Crippen LogP contribution in [0.1, 0.15) is 27.3 Å². The molecule has 0 atom stereocenters. The average Bonchev–Trinajstić information content (AvgIpc) is 2.60. The summed E-state index contributed by atoms with van der Waals surface area (Å²) in [7, 11) is 0. The smallest absolute Gasteiger partial charge is 0.328 e. The summed E-state index contributed by atoms with van der Waals surface area (Å²) < 4.78 is 0. The number of carboxylic acids is 1. The number of rotatable bonds is 5. The van der Waals surface area contributed by atoms with Crippen molar-refractivity contribution < 1.29 is 14.7 Å². The Morgan fingerprint density at radius 2 is 1.92 bits per heavy atom. The number of ketones is 1. The van der Waals surface area contributed by atoms with E-state index in [1.54, 1.807) is 6.07 Å². The van der Waals surface area contributed by atoms with Crippen LogP contribution in [0.25, 0.3) is 0 Å². The number of pyridine rings is 1. The Kier molecular flexibility index (Phi) is 4.82. The number of hydrogen-bond acceptors (Lipinski definition) is 4. The maximum atomic E-state index is 11.9. The molecule has 0 fully saturated rings. The lowest BCUT2D eigenvalue weighted by molar-refractivity contribution is -0.131. The zero-order valence-corrected chi connectivity index (χ0v) is 13.2. The first-order valence-electron chi connectivity index (χ1n) is 7.82. The number of benzene rings is 1. The highest BCUT2D eigenvalue weighted by atomic mass is 16.4. The highest BCUT2D eigenvalue weighted by Gasteiger charge is 2.18. The van der Waals surface area contributed by atoms with E-state index in [0.717, 1.165) is 49.5 Å². The third-order valence-electron chi connectivity index (χ3n) is 4.01. The van der Waals surface area contributed by atoms with Crippen molar-refractivity contribution in [1.29, 1.82) is 0 Å². The molecule has 0 aliphatic carbocycles. The van der Waals surface area contributed by atoms with E-state index in [4.69, 9.17) is 5.11 Å². The van der Waals surface area contributed by atoms with Crippen molar-refractivity contribution in [2.45, 2.75) is 19.5 Å². The molecule has 0 amide bonds. The van der Waals surface area contributed by atoms with Gasteiger partial charge in [0.2, 0.25) is 5.78 Å². The first-order chi connectivity index (χ1) is 11.6. The molecule has 3 rings (SSSR count). The molecule has 2 heterocycles. The minimum atomic E-state index is -1.14. The minimum Gasteiger partial charge on any atom is -0.478 e. The van der Waals surface area contributed by atoms with Crippen molar-refractivity contribution in [3.05, 3.63) is 77.1 Å². The highest BCUT2D eigenvalue weighted by molar-refractivity contribution is 6.05. The van der Waals surface area contributed by atoms with Crippen LogP contribution in [0.4, 0.5) is 0 Å². The second kappa shape index (κ2) is 7.19. The normalized spacial score (nSPS) is 14.5. The van der Waals surface area contributed by atoms with Crippen molar-refractivity contribution in [3.8, 4) is 0 Å². The molecular weight excluding hydrogens is 304 g/mol. The fourth-order valence-corrected chi connectivity index (χ4v) is 2.82. The van der Waals surface area contributed by atoms with Crippen LogP contribution in [0, 0.1) is 0 Å². The summed E-state index contributed by atoms with van der Waals surface area (Å²) in [5.41, 5.74) is 3.62. The van der Waals surface area contributed by atoms with Crippen LogP contribution in [-0.2, 0) is 24.3 Å². The van der Waals surface area contributed by atoms with Gasteiger partial charge < -0.3 is 5.11 Å². The molecule has 1 aromatic carbocycles. The largest absolute Gasteiger partial charge is 0.478 e. The van der Waals surface area contributed by atoms with Crippen molar-refractivity contribution in [2.24, 2.45) is 0 Å². The molecule has 1 aliphatic rings. The van der Waals surface area contributed by atoms with Gasteiger partial charge in [-0.05, 0) is 23.3 Å². The number of nitrogens with zero attached hydrogens (tertiary/aromatic N) is 2. The summed E-state index contributed by atoms with van der Waals surface area (Å²) in [5.74, 6) is -1.52. The highest BCUT2D eigenvalue weighted by Crippen LogP contribution is 2.20. The molecule has 5 heteroatoms. The molecule has 5 nitrogen and oxygen atoms in total. The lowest BCUT2D eigenvalue weighted by Gasteiger charge is -2.28. The second-order valence-electron chi connectivity index (χ2n) is 5.78. The molecule has 0 unspecified atom stereocenters. The Bertz CT molecular complexity index is 784. The quantitative estimate of drug-likeness (QED) is 0.676. The summed E-state index contributed by atoms with van der Waals surface area (Å²) in [6.45, 7) is 2.58. The van der Waals surface area contributed by atoms with Crippen LogP contribution in [0.15, 0.2) is 54.6 Å². The molecular formula is C19H18N2O3. The molecule has 1 N–H and O–H groups in total. The van der Waals surface area contributed by atoms with E-state index in [1.807, 2.05) is 24.3 Å². The van der Waals surface area contributed by atoms with Crippen molar-refractivity contribution in [3.63, 3.8) is 0 Å². The van der Waals surface area contributed by atoms with Crippen LogP contribution >= 0.6 is 0 Å². The van der Waals surface area contributed by atoms with Gasteiger partial charge in [-0.25, -0.2) is 9.78 Å². The van der Waals surface area contributed by atoms with Gasteiger partial charge in [-0.2, -0.15) is 0 Å². The molecule has 24 heavy (non-hydrogen) atoms. The van der Waals surface area contributed by atoms with Crippen molar-refractivity contribution in [1.82, 2.24) is 9.88 Å². The zero-order valence-electron chi connectivity index (χ0n) is 13.2. The van der Waals surface area contributed by atoms with E-state index in [9.17, 15) is 9.59 Å². The van der Waals surface area contributed by atoms with Crippen molar-refractivity contribution in [2.75, 3.05) is 6.54 Å². The topological polar surface area (TPSA) is 70.5 Å². The fourth-order valence-electron chi connectivity index (χ4n) is 2.82. The predicted octanol–water partition coefficient (Wildman–Crippen LogP) is 2.46. The number of carboxylic acid groups (broad SMARTS) is 1. The van der Waals surface area contributed by atoms with Crippen LogP contribution < -0.4 is 0 Å². The van der Waals surface area contributed by atoms with Crippen LogP contribution in [0.5, 0.6) is 0 Å². The second-order valence-corrected chi connectivity index (χ2v) is 5.78. The van der Waals surface area contributed by atoms with E-state index in [0.29, 0.717) is 5.69 Å². The van der Waals surface area contributed by atoms with Crippen LogP contribution in [-0.4, -0.2) is 33.3 Å². The van der Waals surface area contributed by atoms with E-state index in [-0.39, 0.29) is 5.78 Å². The molecule has 0 bridgehead atoms. The fraction of sp³-hybridized carbons (Fsp3) is 0.211. The van der Waals surface area contributed by atoms with Gasteiger partial charge in [-0.1, -0.05) is 36.4 Å². The van der Waals surface area contributed by atoms with E-state index in [2.05, 4.69) is 22.0 Å². The number of hydrogen-bond donors (Lipinski definition) is 1. The molecule has 0 saturated carbocycles. The molecule has 0 saturated heterocycles. The monoisotopic (exact) mass is 322 g/mol. The maximum Gasteiger partial charge on any atom is 0.328 e. The Morgan fingerprint density at radius 3 is 2.67 bits per heavy atom. The minimum absolute atomic E-state index is 0.294. The summed E-state index contributed by atoms with van der Waals surface area (Å²) in [4.78, 5) is 29.2. The molecule has 0 spiro atoms. The summed E-state index contributed by atoms with van der Waals surface area (Å²) >= 11 is 0. The van der Waals surface area contributed by atoms with Crippen LogP contribution in [0.3, 0.4) is 0 Å².